The van der Waals surface area contributed by atoms with Gasteiger partial charge in [-0.25, -0.2) is 0 Å². The summed E-state index contributed by atoms with van der Waals surface area (Å²) in [6.45, 7) is 1.97. The van der Waals surface area contributed by atoms with Crippen LogP contribution in [-0.4, -0.2) is 19.8 Å². The van der Waals surface area contributed by atoms with Gasteiger partial charge in [0.05, 0.1) is 0 Å². The third kappa shape index (κ3) is 7.48. The fraction of sp³-hybridized carbons (Fsp3) is 0.750. The van der Waals surface area contributed by atoms with E-state index in [-0.39, 0.29) is 0 Å². The number of nitrogens with two attached hydrogens (primary N) is 1. The molecule has 2 nitrogen and oxygen atoms in total. The van der Waals surface area contributed by atoms with Crippen LogP contribution in [-0.2, 0) is 4.74 Å². The van der Waals surface area contributed by atoms with Gasteiger partial charge in [-0.1, -0.05) is 5.92 Å². The third-order valence-corrected chi connectivity index (χ3v) is 1.18. The third-order valence-electron chi connectivity index (χ3n) is 1.18. The first kappa shape index (κ1) is 9.48. The van der Waals surface area contributed by atoms with E-state index >= 15 is 0 Å². The molecule has 0 unspecified atom stereocenters. The first-order valence-corrected chi connectivity index (χ1v) is 3.63. The fourth-order valence-electron chi connectivity index (χ4n) is 0.656. The van der Waals surface area contributed by atoms with Crippen molar-refractivity contribution >= 4 is 0 Å². The smallest absolute Gasteiger partial charge is 0.107 e. The normalized spacial score (nSPS) is 9.20. The summed E-state index contributed by atoms with van der Waals surface area (Å²) in [5.41, 5.74) is 5.30. The van der Waals surface area contributed by atoms with Crippen molar-refractivity contribution < 1.29 is 4.74 Å². The van der Waals surface area contributed by atoms with Crippen molar-refractivity contribution in [3.63, 3.8) is 0 Å². The maximum absolute atomic E-state index is 5.30. The molecule has 0 heterocycles. The number of ether oxygens (including phenoxy) is 1. The van der Waals surface area contributed by atoms with Gasteiger partial charge in [-0.2, -0.15) is 0 Å². The molecule has 0 atom stereocenters. The van der Waals surface area contributed by atoms with Crippen LogP contribution in [0.3, 0.4) is 0 Å². The SMILES string of the molecule is C#CCOCCCCCN. The van der Waals surface area contributed by atoms with Gasteiger partial charge in [-0.3, -0.25) is 0 Å². The molecule has 0 saturated heterocycles. The second kappa shape index (κ2) is 8.48. The first-order valence-electron chi connectivity index (χ1n) is 3.63. The number of hydrogen-bond donors (Lipinski definition) is 1. The summed E-state index contributed by atoms with van der Waals surface area (Å²) in [4.78, 5) is 0. The van der Waals surface area contributed by atoms with Gasteiger partial charge in [0.25, 0.3) is 0 Å². The molecule has 10 heavy (non-hydrogen) atoms. The Morgan fingerprint density at radius 2 is 2.10 bits per heavy atom. The maximum Gasteiger partial charge on any atom is 0.107 e. The van der Waals surface area contributed by atoms with E-state index < -0.39 is 0 Å². The van der Waals surface area contributed by atoms with Gasteiger partial charge < -0.3 is 10.5 Å². The van der Waals surface area contributed by atoms with Gasteiger partial charge in [0.1, 0.15) is 6.61 Å². The quantitative estimate of drug-likeness (QED) is 0.438. The molecule has 0 aromatic heterocycles. The van der Waals surface area contributed by atoms with Crippen LogP contribution in [0.5, 0.6) is 0 Å². The van der Waals surface area contributed by atoms with Crippen molar-refractivity contribution in [2.75, 3.05) is 19.8 Å². The zero-order chi connectivity index (χ0) is 7.66. The molecule has 0 fully saturated rings. The van der Waals surface area contributed by atoms with Crippen molar-refractivity contribution in [2.45, 2.75) is 19.3 Å². The van der Waals surface area contributed by atoms with Gasteiger partial charge in [0.2, 0.25) is 0 Å². The number of rotatable bonds is 6. The predicted octanol–water partition coefficient (Wildman–Crippen LogP) is 0.765. The van der Waals surface area contributed by atoms with Crippen molar-refractivity contribution in [1.29, 1.82) is 0 Å². The van der Waals surface area contributed by atoms with E-state index in [0.29, 0.717) is 6.61 Å². The summed E-state index contributed by atoms with van der Waals surface area (Å²) in [6.07, 6.45) is 8.27. The first-order chi connectivity index (χ1) is 4.91. The minimum atomic E-state index is 0.433. The van der Waals surface area contributed by atoms with E-state index in [4.69, 9.17) is 16.9 Å². The lowest BCUT2D eigenvalue weighted by Crippen LogP contribution is -2.00. The Hall–Kier alpha value is -0.520. The van der Waals surface area contributed by atoms with Crippen LogP contribution in [0.4, 0.5) is 0 Å². The summed E-state index contributed by atoms with van der Waals surface area (Å²) in [6, 6.07) is 0. The molecule has 0 saturated carbocycles. The molecule has 0 aliphatic heterocycles. The monoisotopic (exact) mass is 141 g/mol. The van der Waals surface area contributed by atoms with Gasteiger partial charge in [-0.05, 0) is 25.8 Å². The maximum atomic E-state index is 5.30. The van der Waals surface area contributed by atoms with Crippen LogP contribution in [0.1, 0.15) is 19.3 Å². The Bertz CT molecular complexity index is 95.9. The van der Waals surface area contributed by atoms with Gasteiger partial charge >= 0.3 is 0 Å². The molecule has 0 amide bonds. The Morgan fingerprint density at radius 3 is 2.70 bits per heavy atom. The van der Waals surface area contributed by atoms with Crippen LogP contribution >= 0.6 is 0 Å². The highest BCUT2D eigenvalue weighted by atomic mass is 16.5. The summed E-state index contributed by atoms with van der Waals surface area (Å²) in [5.74, 6) is 2.41. The molecule has 0 bridgehead atoms. The lowest BCUT2D eigenvalue weighted by molar-refractivity contribution is 0.162. The van der Waals surface area contributed by atoms with Crippen molar-refractivity contribution in [3.05, 3.63) is 0 Å². The zero-order valence-electron chi connectivity index (χ0n) is 6.31. The molecule has 2 N–H and O–H groups in total. The second-order valence-corrected chi connectivity index (χ2v) is 2.11. The van der Waals surface area contributed by atoms with Crippen LogP contribution in [0.15, 0.2) is 0 Å². The summed E-state index contributed by atoms with van der Waals surface area (Å²) < 4.78 is 5.05. The standard InChI is InChI=1S/C8H15NO/c1-2-7-10-8-5-3-4-6-9/h1H,3-9H2. The molecular weight excluding hydrogens is 126 g/mol. The number of hydrogen-bond acceptors (Lipinski definition) is 2. The Balaban J connectivity index is 2.72. The molecule has 2 heteroatoms. The summed E-state index contributed by atoms with van der Waals surface area (Å²) in [5, 5.41) is 0. The van der Waals surface area contributed by atoms with E-state index in [9.17, 15) is 0 Å². The van der Waals surface area contributed by atoms with Crippen molar-refractivity contribution in [3.8, 4) is 12.3 Å². The molecule has 0 aromatic carbocycles. The summed E-state index contributed by atoms with van der Waals surface area (Å²) >= 11 is 0. The minimum absolute atomic E-state index is 0.433. The Morgan fingerprint density at radius 1 is 1.30 bits per heavy atom. The van der Waals surface area contributed by atoms with E-state index in [1.165, 1.54) is 0 Å². The highest BCUT2D eigenvalue weighted by molar-refractivity contribution is 4.82. The van der Waals surface area contributed by atoms with E-state index in [1.807, 2.05) is 0 Å². The minimum Gasteiger partial charge on any atom is -0.369 e. The second-order valence-electron chi connectivity index (χ2n) is 2.11. The van der Waals surface area contributed by atoms with Gasteiger partial charge in [-0.15, -0.1) is 6.42 Å². The van der Waals surface area contributed by atoms with Gasteiger partial charge in [0, 0.05) is 6.61 Å². The highest BCUT2D eigenvalue weighted by Crippen LogP contribution is 1.92. The number of unbranched alkanes of at least 4 members (excludes halogenated alkanes) is 2. The zero-order valence-corrected chi connectivity index (χ0v) is 6.31. The molecule has 0 radical (unpaired) electrons. The lowest BCUT2D eigenvalue weighted by Gasteiger charge is -1.98. The summed E-state index contributed by atoms with van der Waals surface area (Å²) in [7, 11) is 0. The van der Waals surface area contributed by atoms with Crippen molar-refractivity contribution in [2.24, 2.45) is 5.73 Å². The van der Waals surface area contributed by atoms with Crippen LogP contribution in [0, 0.1) is 12.3 Å². The Kier molecular flexibility index (Phi) is 8.04. The average molecular weight is 141 g/mol. The predicted molar refractivity (Wildman–Crippen MR) is 42.6 cm³/mol. The van der Waals surface area contributed by atoms with Crippen molar-refractivity contribution in [1.82, 2.24) is 0 Å². The molecule has 58 valence electrons. The van der Waals surface area contributed by atoms with E-state index in [2.05, 4.69) is 5.92 Å². The van der Waals surface area contributed by atoms with E-state index in [1.54, 1.807) is 0 Å². The molecule has 0 spiro atoms. The van der Waals surface area contributed by atoms with Crippen LogP contribution in [0.2, 0.25) is 0 Å². The fourth-order valence-corrected chi connectivity index (χ4v) is 0.656. The largest absolute Gasteiger partial charge is 0.369 e. The topological polar surface area (TPSA) is 35.2 Å². The van der Waals surface area contributed by atoms with Crippen LogP contribution < -0.4 is 5.73 Å². The molecule has 0 aliphatic carbocycles. The average Bonchev–Trinajstić information content (AvgIpc) is 1.97. The van der Waals surface area contributed by atoms with Gasteiger partial charge in [0.15, 0.2) is 0 Å². The highest BCUT2D eigenvalue weighted by Gasteiger charge is 1.86. The Labute approximate surface area is 62.7 Å². The van der Waals surface area contributed by atoms with Crippen LogP contribution in [0.25, 0.3) is 0 Å². The molecule has 0 aliphatic rings. The molecular formula is C8H15NO. The lowest BCUT2D eigenvalue weighted by atomic mass is 10.2. The number of terminal acetylenes is 1. The van der Waals surface area contributed by atoms with E-state index in [0.717, 1.165) is 32.4 Å². The molecule has 0 aromatic rings. The molecule has 0 rings (SSSR count).